The van der Waals surface area contributed by atoms with Crippen molar-refractivity contribution in [1.82, 2.24) is 5.32 Å². The summed E-state index contributed by atoms with van der Waals surface area (Å²) in [5.41, 5.74) is 5.71. The second kappa shape index (κ2) is 9.40. The molecule has 0 radical (unpaired) electrons. The average Bonchev–Trinajstić information content (AvgIpc) is 2.50. The molecule has 0 spiro atoms. The Balaban J connectivity index is 2.85. The van der Waals surface area contributed by atoms with Gasteiger partial charge in [-0.05, 0) is 39.8 Å². The number of methoxy groups -OCH3 is 1. The molecule has 0 aromatic heterocycles. The van der Waals surface area contributed by atoms with Gasteiger partial charge in [0, 0.05) is 18.9 Å². The molecule has 8 nitrogen and oxygen atoms in total. The molecule has 0 aliphatic carbocycles. The van der Waals surface area contributed by atoms with Gasteiger partial charge in [0.25, 0.3) is 5.91 Å². The number of anilines is 1. The summed E-state index contributed by atoms with van der Waals surface area (Å²) in [6, 6.07) is 3.38. The fraction of sp³-hybridized carbons (Fsp3) is 0.556. The van der Waals surface area contributed by atoms with Gasteiger partial charge in [0.2, 0.25) is 0 Å². The summed E-state index contributed by atoms with van der Waals surface area (Å²) in [4.78, 5) is 24.0. The van der Waals surface area contributed by atoms with Gasteiger partial charge in [0.15, 0.2) is 6.04 Å². The number of nitrogen functional groups attached to an aromatic ring is 1. The van der Waals surface area contributed by atoms with E-state index in [1.807, 2.05) is 20.8 Å². The molecule has 26 heavy (non-hydrogen) atoms. The van der Waals surface area contributed by atoms with Crippen LogP contribution in [0.5, 0.6) is 5.75 Å². The number of rotatable bonds is 9. The normalized spacial score (nSPS) is 13.7. The number of nitrogens with one attached hydrogen (secondary N) is 1. The van der Waals surface area contributed by atoms with Gasteiger partial charge in [0.05, 0.1) is 23.9 Å². The van der Waals surface area contributed by atoms with E-state index in [1.54, 1.807) is 20.1 Å². The Hall–Kier alpha value is -2.32. The van der Waals surface area contributed by atoms with Gasteiger partial charge in [-0.2, -0.15) is 0 Å². The van der Waals surface area contributed by atoms with E-state index in [1.165, 1.54) is 12.1 Å². The monoisotopic (exact) mass is 368 g/mol. The molecule has 0 fully saturated rings. The lowest BCUT2D eigenvalue weighted by Gasteiger charge is -2.29. The van der Waals surface area contributed by atoms with Crippen LogP contribution in [0.25, 0.3) is 0 Å². The van der Waals surface area contributed by atoms with Crippen molar-refractivity contribution in [3.8, 4) is 5.75 Å². The number of ether oxygens (including phenoxy) is 3. The summed E-state index contributed by atoms with van der Waals surface area (Å²) >= 11 is 0. The minimum Gasteiger partial charge on any atom is -0.491 e. The van der Waals surface area contributed by atoms with Gasteiger partial charge in [-0.1, -0.05) is 0 Å². The average molecular weight is 368 g/mol. The van der Waals surface area contributed by atoms with Crippen molar-refractivity contribution in [2.24, 2.45) is 0 Å². The van der Waals surface area contributed by atoms with Crippen molar-refractivity contribution in [1.29, 1.82) is 0 Å². The molecular weight excluding hydrogens is 340 g/mol. The first-order valence-corrected chi connectivity index (χ1v) is 8.28. The topological polar surface area (TPSA) is 120 Å². The maximum atomic E-state index is 12.5. The van der Waals surface area contributed by atoms with Crippen molar-refractivity contribution in [2.45, 2.75) is 45.4 Å². The highest BCUT2D eigenvalue weighted by molar-refractivity contribution is 6.01. The SMILES string of the molecule is COCCOc1ccc(C(=O)NC(C(=O)O)C(C)OC(C)(C)C)c(N)c1. The highest BCUT2D eigenvalue weighted by Crippen LogP contribution is 2.21. The summed E-state index contributed by atoms with van der Waals surface area (Å²) in [5.74, 6) is -1.29. The number of carboxylic acid groups (broad SMARTS) is 1. The van der Waals surface area contributed by atoms with Crippen molar-refractivity contribution in [3.63, 3.8) is 0 Å². The van der Waals surface area contributed by atoms with E-state index in [-0.39, 0.29) is 11.3 Å². The molecule has 1 amide bonds. The molecule has 0 heterocycles. The van der Waals surface area contributed by atoms with Gasteiger partial charge in [-0.3, -0.25) is 4.79 Å². The summed E-state index contributed by atoms with van der Waals surface area (Å²) in [5, 5.41) is 11.9. The number of aliphatic carboxylic acids is 1. The van der Waals surface area contributed by atoms with E-state index in [0.717, 1.165) is 0 Å². The molecule has 0 saturated carbocycles. The van der Waals surface area contributed by atoms with Gasteiger partial charge in [-0.25, -0.2) is 4.79 Å². The van der Waals surface area contributed by atoms with E-state index in [9.17, 15) is 14.7 Å². The summed E-state index contributed by atoms with van der Waals surface area (Å²) in [6.07, 6.45) is -0.727. The minimum atomic E-state index is -1.21. The Morgan fingerprint density at radius 3 is 2.42 bits per heavy atom. The first-order chi connectivity index (χ1) is 12.0. The van der Waals surface area contributed by atoms with Gasteiger partial charge in [0.1, 0.15) is 12.4 Å². The molecule has 2 atom stereocenters. The molecule has 2 unspecified atom stereocenters. The zero-order valence-corrected chi connectivity index (χ0v) is 15.9. The number of benzene rings is 1. The lowest BCUT2D eigenvalue weighted by Crippen LogP contribution is -2.50. The molecule has 1 aromatic rings. The fourth-order valence-electron chi connectivity index (χ4n) is 2.30. The van der Waals surface area contributed by atoms with E-state index >= 15 is 0 Å². The third-order valence-corrected chi connectivity index (χ3v) is 3.39. The largest absolute Gasteiger partial charge is 0.491 e. The van der Waals surface area contributed by atoms with Gasteiger partial charge < -0.3 is 30.4 Å². The maximum Gasteiger partial charge on any atom is 0.328 e. The Morgan fingerprint density at radius 1 is 1.27 bits per heavy atom. The van der Waals surface area contributed by atoms with Crippen molar-refractivity contribution < 1.29 is 28.9 Å². The van der Waals surface area contributed by atoms with Crippen molar-refractivity contribution in [2.75, 3.05) is 26.1 Å². The number of carbonyl (C=O) groups excluding carboxylic acids is 1. The number of hydrogen-bond acceptors (Lipinski definition) is 6. The quantitative estimate of drug-likeness (QED) is 0.448. The molecule has 0 aliphatic rings. The Morgan fingerprint density at radius 2 is 1.92 bits per heavy atom. The number of carbonyl (C=O) groups is 2. The second-order valence-electron chi connectivity index (χ2n) is 6.82. The molecule has 4 N–H and O–H groups in total. The predicted molar refractivity (Wildman–Crippen MR) is 97.4 cm³/mol. The van der Waals surface area contributed by atoms with E-state index in [0.29, 0.717) is 19.0 Å². The third kappa shape index (κ3) is 6.89. The third-order valence-electron chi connectivity index (χ3n) is 3.39. The highest BCUT2D eigenvalue weighted by atomic mass is 16.5. The van der Waals surface area contributed by atoms with E-state index < -0.39 is 29.6 Å². The molecule has 0 aliphatic heterocycles. The molecule has 8 heteroatoms. The first kappa shape index (κ1) is 21.7. The number of hydrogen-bond donors (Lipinski definition) is 3. The lowest BCUT2D eigenvalue weighted by atomic mass is 10.1. The zero-order valence-electron chi connectivity index (χ0n) is 15.9. The fourth-order valence-corrected chi connectivity index (χ4v) is 2.30. The standard InChI is InChI=1S/C18H28N2O6/c1-11(26-18(2,3)4)15(17(22)23)20-16(21)13-7-6-12(10-14(13)19)25-9-8-24-5/h6-7,10-11,15H,8-9,19H2,1-5H3,(H,20,21)(H,22,23). The van der Waals surface area contributed by atoms with Crippen LogP contribution in [0, 0.1) is 0 Å². The number of nitrogens with two attached hydrogens (primary N) is 1. The first-order valence-electron chi connectivity index (χ1n) is 8.28. The number of amides is 1. The van der Waals surface area contributed by atoms with E-state index in [4.69, 9.17) is 19.9 Å². The predicted octanol–water partition coefficient (Wildman–Crippen LogP) is 1.68. The Kier molecular flexibility index (Phi) is 7.85. The smallest absolute Gasteiger partial charge is 0.328 e. The minimum absolute atomic E-state index is 0.165. The van der Waals surface area contributed by atoms with Crippen LogP contribution in [0.1, 0.15) is 38.1 Å². The Bertz CT molecular complexity index is 627. The molecule has 0 saturated heterocycles. The van der Waals surface area contributed by atoms with Crippen LogP contribution in [-0.2, 0) is 14.3 Å². The molecule has 0 bridgehead atoms. The Labute approximate surface area is 153 Å². The van der Waals surface area contributed by atoms with Gasteiger partial charge >= 0.3 is 5.97 Å². The lowest BCUT2D eigenvalue weighted by molar-refractivity contribution is -0.146. The van der Waals surface area contributed by atoms with Crippen LogP contribution in [0.4, 0.5) is 5.69 Å². The van der Waals surface area contributed by atoms with Crippen LogP contribution in [0.15, 0.2) is 18.2 Å². The van der Waals surface area contributed by atoms with Crippen LogP contribution >= 0.6 is 0 Å². The van der Waals surface area contributed by atoms with Gasteiger partial charge in [-0.15, -0.1) is 0 Å². The molecule has 146 valence electrons. The van der Waals surface area contributed by atoms with E-state index in [2.05, 4.69) is 5.32 Å². The van der Waals surface area contributed by atoms with Crippen LogP contribution in [0.3, 0.4) is 0 Å². The van der Waals surface area contributed by atoms with Crippen molar-refractivity contribution in [3.05, 3.63) is 23.8 Å². The van der Waals surface area contributed by atoms with Crippen LogP contribution < -0.4 is 15.8 Å². The summed E-state index contributed by atoms with van der Waals surface area (Å²) < 4.78 is 16.0. The summed E-state index contributed by atoms with van der Waals surface area (Å²) in [6.45, 7) is 7.80. The highest BCUT2D eigenvalue weighted by Gasteiger charge is 2.31. The van der Waals surface area contributed by atoms with Crippen molar-refractivity contribution >= 4 is 17.6 Å². The summed E-state index contributed by atoms with van der Waals surface area (Å²) in [7, 11) is 1.56. The zero-order chi connectivity index (χ0) is 19.9. The number of carboxylic acids is 1. The second-order valence-corrected chi connectivity index (χ2v) is 6.82. The molecule has 1 rings (SSSR count). The maximum absolute atomic E-state index is 12.5. The van der Waals surface area contributed by atoms with Crippen LogP contribution in [0.2, 0.25) is 0 Å². The molecular formula is C18H28N2O6. The molecule has 1 aromatic carbocycles. The van der Waals surface area contributed by atoms with Crippen LogP contribution in [-0.4, -0.2) is 55.1 Å².